The number of rotatable bonds is 4. The number of methoxy groups -OCH3 is 1. The Labute approximate surface area is 153 Å². The maximum atomic E-state index is 11.9. The lowest BCUT2D eigenvalue weighted by Gasteiger charge is -2.10. The van der Waals surface area contributed by atoms with Crippen LogP contribution in [0, 0.1) is 0 Å². The van der Waals surface area contributed by atoms with Crippen molar-refractivity contribution in [2.24, 2.45) is 0 Å². The molecule has 0 bridgehead atoms. The minimum atomic E-state index is -0.496. The second-order valence-corrected chi connectivity index (χ2v) is 7.12. The number of nitrogens with zero attached hydrogens (tertiary/aromatic N) is 1. The highest BCUT2D eigenvalue weighted by Gasteiger charge is 2.31. The molecule has 2 rings (SSSR count). The van der Waals surface area contributed by atoms with Gasteiger partial charge >= 0.3 is 5.97 Å². The van der Waals surface area contributed by atoms with Crippen molar-refractivity contribution in [3.63, 3.8) is 0 Å². The molecule has 122 valence electrons. The third kappa shape index (κ3) is 4.15. The smallest absolute Gasteiger partial charge is 0.343 e. The maximum absolute atomic E-state index is 11.9. The van der Waals surface area contributed by atoms with Crippen LogP contribution in [-0.2, 0) is 14.3 Å². The molecule has 0 atom stereocenters. The van der Waals surface area contributed by atoms with E-state index in [1.54, 1.807) is 18.2 Å². The molecule has 0 unspecified atom stereocenters. The molecule has 1 aliphatic heterocycles. The van der Waals surface area contributed by atoms with E-state index in [1.165, 1.54) is 14.2 Å². The van der Waals surface area contributed by atoms with Crippen LogP contribution < -0.4 is 4.74 Å². The zero-order valence-corrected chi connectivity index (χ0v) is 16.1. The van der Waals surface area contributed by atoms with E-state index in [2.05, 4.69) is 36.6 Å². The number of esters is 1. The average molecular weight is 465 g/mol. The Kier molecular flexibility index (Phi) is 5.88. The van der Waals surface area contributed by atoms with E-state index < -0.39 is 5.97 Å². The second kappa shape index (κ2) is 7.50. The third-order valence-corrected chi connectivity index (χ3v) is 5.01. The molecule has 9 heteroatoms. The Morgan fingerprint density at radius 2 is 1.91 bits per heavy atom. The molecule has 0 N–H and O–H groups in total. The van der Waals surface area contributed by atoms with Gasteiger partial charge in [0.2, 0.25) is 0 Å². The first-order valence-electron chi connectivity index (χ1n) is 6.23. The van der Waals surface area contributed by atoms with Gasteiger partial charge in [0.25, 0.3) is 11.1 Å². The van der Waals surface area contributed by atoms with Crippen LogP contribution in [0.1, 0.15) is 5.56 Å². The number of carbonyl (C=O) groups excluding carboxylic acids is 3. The molecule has 6 nitrogen and oxygen atoms in total. The van der Waals surface area contributed by atoms with Crippen molar-refractivity contribution in [3.05, 3.63) is 31.5 Å². The first-order chi connectivity index (χ1) is 10.8. The van der Waals surface area contributed by atoms with E-state index in [9.17, 15) is 14.4 Å². The molecular weight excluding hydrogens is 454 g/mol. The Morgan fingerprint density at radius 3 is 2.39 bits per heavy atom. The van der Waals surface area contributed by atoms with Crippen LogP contribution in [0.5, 0.6) is 5.75 Å². The molecule has 1 heterocycles. The number of amides is 2. The van der Waals surface area contributed by atoms with Crippen molar-refractivity contribution in [3.8, 4) is 5.75 Å². The Bertz CT molecular complexity index is 696. The summed E-state index contributed by atoms with van der Waals surface area (Å²) in [5, 5.41) is -0.308. The Hall–Kier alpha value is -1.32. The van der Waals surface area contributed by atoms with Crippen molar-refractivity contribution in [2.75, 3.05) is 20.8 Å². The number of hydrogen-bond acceptors (Lipinski definition) is 6. The summed E-state index contributed by atoms with van der Waals surface area (Å²) in [7, 11) is 2.72. The predicted octanol–water partition coefficient (Wildman–Crippen LogP) is 3.43. The first kappa shape index (κ1) is 18.0. The van der Waals surface area contributed by atoms with Crippen LogP contribution >= 0.6 is 43.6 Å². The minimum Gasteiger partial charge on any atom is -0.480 e. The molecule has 0 spiro atoms. The van der Waals surface area contributed by atoms with Crippen molar-refractivity contribution in [1.82, 2.24) is 4.90 Å². The summed E-state index contributed by atoms with van der Waals surface area (Å²) in [6, 6.07) is 3.45. The second-order valence-electron chi connectivity index (χ2n) is 4.42. The largest absolute Gasteiger partial charge is 0.480 e. The van der Waals surface area contributed by atoms with Crippen molar-refractivity contribution < 1.29 is 23.9 Å². The number of benzene rings is 1. The van der Waals surface area contributed by atoms with E-state index in [-0.39, 0.29) is 17.8 Å². The standard InChI is InChI=1S/C14H11Br2NO5S/c1-17-13(19)10(23-14(17)20)5-7-3-8(15)12(9(16)4-7)22-6-11(18)21-2/h3-5H,6H2,1-2H3/b10-5-. The van der Waals surface area contributed by atoms with Gasteiger partial charge in [-0.15, -0.1) is 0 Å². The number of likely N-dealkylation sites (N-methyl/N-ethyl adjacent to an activating group) is 1. The fourth-order valence-electron chi connectivity index (χ4n) is 1.69. The van der Waals surface area contributed by atoms with Gasteiger partial charge in [-0.1, -0.05) is 0 Å². The highest BCUT2D eigenvalue weighted by atomic mass is 79.9. The fraction of sp³-hybridized carbons (Fsp3) is 0.214. The number of imide groups is 1. The quantitative estimate of drug-likeness (QED) is 0.502. The highest BCUT2D eigenvalue weighted by Crippen LogP contribution is 2.37. The number of carbonyl (C=O) groups is 3. The molecule has 0 radical (unpaired) electrons. The Morgan fingerprint density at radius 1 is 1.30 bits per heavy atom. The van der Waals surface area contributed by atoms with E-state index in [4.69, 9.17) is 4.74 Å². The summed E-state index contributed by atoms with van der Waals surface area (Å²) in [6.07, 6.45) is 1.62. The van der Waals surface area contributed by atoms with Crippen LogP contribution in [0.15, 0.2) is 26.0 Å². The molecule has 0 aromatic heterocycles. The van der Waals surface area contributed by atoms with Crippen LogP contribution in [0.4, 0.5) is 4.79 Å². The molecule has 1 fully saturated rings. The van der Waals surface area contributed by atoms with Gasteiger partial charge in [0.05, 0.1) is 21.0 Å². The van der Waals surface area contributed by atoms with Gasteiger partial charge in [-0.2, -0.15) is 0 Å². The van der Waals surface area contributed by atoms with Gasteiger partial charge in [-0.05, 0) is 67.4 Å². The SMILES string of the molecule is COC(=O)COc1c(Br)cc(/C=C2\SC(=O)N(C)C2=O)cc1Br. The van der Waals surface area contributed by atoms with Crippen LogP contribution in [0.2, 0.25) is 0 Å². The van der Waals surface area contributed by atoms with Gasteiger partial charge in [-0.3, -0.25) is 14.5 Å². The average Bonchev–Trinajstić information content (AvgIpc) is 2.73. The van der Waals surface area contributed by atoms with E-state index in [0.717, 1.165) is 16.7 Å². The summed E-state index contributed by atoms with van der Waals surface area (Å²) in [5.74, 6) is -0.390. The van der Waals surface area contributed by atoms with Gasteiger partial charge < -0.3 is 9.47 Å². The van der Waals surface area contributed by atoms with Crippen LogP contribution in [-0.4, -0.2) is 42.8 Å². The number of ether oxygens (including phenoxy) is 2. The summed E-state index contributed by atoms with van der Waals surface area (Å²) in [6.45, 7) is -0.220. The number of halogens is 2. The highest BCUT2D eigenvalue weighted by molar-refractivity contribution is 9.11. The van der Waals surface area contributed by atoms with Crippen LogP contribution in [0.3, 0.4) is 0 Å². The first-order valence-corrected chi connectivity index (χ1v) is 8.64. The molecule has 0 saturated carbocycles. The Balaban J connectivity index is 2.25. The third-order valence-electron chi connectivity index (χ3n) is 2.87. The van der Waals surface area contributed by atoms with Crippen molar-refractivity contribution >= 4 is 66.8 Å². The van der Waals surface area contributed by atoms with Gasteiger partial charge in [0.15, 0.2) is 6.61 Å². The molecule has 1 saturated heterocycles. The van der Waals surface area contributed by atoms with Crippen LogP contribution in [0.25, 0.3) is 6.08 Å². The fourth-order valence-corrected chi connectivity index (χ4v) is 3.97. The molecule has 1 aromatic rings. The topological polar surface area (TPSA) is 72.9 Å². The normalized spacial score (nSPS) is 16.2. The summed E-state index contributed by atoms with van der Waals surface area (Å²) < 4.78 is 11.1. The number of hydrogen-bond donors (Lipinski definition) is 0. The monoisotopic (exact) mass is 463 g/mol. The zero-order chi connectivity index (χ0) is 17.1. The lowest BCUT2D eigenvalue weighted by Crippen LogP contribution is -2.22. The van der Waals surface area contributed by atoms with Gasteiger partial charge in [0, 0.05) is 7.05 Å². The zero-order valence-electron chi connectivity index (χ0n) is 12.1. The van der Waals surface area contributed by atoms with Crippen molar-refractivity contribution in [2.45, 2.75) is 0 Å². The summed E-state index contributed by atoms with van der Waals surface area (Å²) >= 11 is 7.59. The van der Waals surface area contributed by atoms with Crippen molar-refractivity contribution in [1.29, 1.82) is 0 Å². The summed E-state index contributed by atoms with van der Waals surface area (Å²) in [4.78, 5) is 35.9. The molecule has 1 aliphatic rings. The molecule has 2 amide bonds. The summed E-state index contributed by atoms with van der Waals surface area (Å²) in [5.41, 5.74) is 0.702. The molecular formula is C14H11Br2NO5S. The van der Waals surface area contributed by atoms with Gasteiger partial charge in [-0.25, -0.2) is 4.79 Å². The van der Waals surface area contributed by atoms with E-state index in [1.807, 2.05) is 0 Å². The molecule has 1 aromatic carbocycles. The molecule has 23 heavy (non-hydrogen) atoms. The maximum Gasteiger partial charge on any atom is 0.343 e. The van der Waals surface area contributed by atoms with E-state index in [0.29, 0.717) is 25.2 Å². The lowest BCUT2D eigenvalue weighted by atomic mass is 10.2. The predicted molar refractivity (Wildman–Crippen MR) is 93.1 cm³/mol. The number of thioether (sulfide) groups is 1. The van der Waals surface area contributed by atoms with E-state index >= 15 is 0 Å². The minimum absolute atomic E-state index is 0.220. The van der Waals surface area contributed by atoms with Gasteiger partial charge in [0.1, 0.15) is 5.75 Å². The molecule has 0 aliphatic carbocycles. The lowest BCUT2D eigenvalue weighted by molar-refractivity contribution is -0.142.